The van der Waals surface area contributed by atoms with Crippen LogP contribution in [-0.2, 0) is 10.0 Å². The molecule has 18 heavy (non-hydrogen) atoms. The number of sulfonamides is 1. The van der Waals surface area contributed by atoms with Crippen molar-refractivity contribution in [1.29, 1.82) is 0 Å². The summed E-state index contributed by atoms with van der Waals surface area (Å²) < 4.78 is 27.6. The summed E-state index contributed by atoms with van der Waals surface area (Å²) in [6.07, 6.45) is 1.46. The number of nitrogens with two attached hydrogens (primary N) is 1. The lowest BCUT2D eigenvalue weighted by Gasteiger charge is -2.35. The van der Waals surface area contributed by atoms with Crippen LogP contribution in [0.4, 0.5) is 0 Å². The summed E-state index contributed by atoms with van der Waals surface area (Å²) in [4.78, 5) is 0.366. The van der Waals surface area contributed by atoms with Crippen LogP contribution in [0, 0.1) is 3.57 Å². The van der Waals surface area contributed by atoms with Gasteiger partial charge in [0, 0.05) is 22.2 Å². The van der Waals surface area contributed by atoms with E-state index in [2.05, 4.69) is 22.6 Å². The Hall–Kier alpha value is -0.180. The topological polar surface area (TPSA) is 63.4 Å². The third-order valence-electron chi connectivity index (χ3n) is 3.28. The molecule has 0 saturated carbocycles. The Balaban J connectivity index is 2.28. The Labute approximate surface area is 122 Å². The molecule has 2 atom stereocenters. The minimum atomic E-state index is -3.38. The van der Waals surface area contributed by atoms with Gasteiger partial charge in [0.25, 0.3) is 0 Å². The van der Waals surface area contributed by atoms with E-state index in [-0.39, 0.29) is 12.1 Å². The molecule has 1 saturated heterocycles. The average Bonchev–Trinajstić information content (AvgIpc) is 2.29. The first-order valence-electron chi connectivity index (χ1n) is 5.94. The molecule has 0 radical (unpaired) electrons. The van der Waals surface area contributed by atoms with Crippen molar-refractivity contribution < 1.29 is 8.42 Å². The summed E-state index contributed by atoms with van der Waals surface area (Å²) in [5.74, 6) is 0. The van der Waals surface area contributed by atoms with E-state index in [9.17, 15) is 8.42 Å². The first-order valence-corrected chi connectivity index (χ1v) is 8.46. The van der Waals surface area contributed by atoms with E-state index in [4.69, 9.17) is 5.73 Å². The molecule has 1 aliphatic heterocycles. The molecule has 1 heterocycles. The molecule has 2 unspecified atom stereocenters. The maximum absolute atomic E-state index is 12.5. The summed E-state index contributed by atoms with van der Waals surface area (Å²) in [7, 11) is -3.38. The summed E-state index contributed by atoms with van der Waals surface area (Å²) in [6.45, 7) is 2.43. The van der Waals surface area contributed by atoms with Crippen molar-refractivity contribution in [2.24, 2.45) is 5.73 Å². The van der Waals surface area contributed by atoms with Gasteiger partial charge in [0.2, 0.25) is 10.0 Å². The summed E-state index contributed by atoms with van der Waals surface area (Å²) in [6, 6.07) is 7.04. The fourth-order valence-electron chi connectivity index (χ4n) is 2.29. The SMILES string of the molecule is CC1CC(N)CCN1S(=O)(=O)c1ccc(I)cc1. The number of hydrogen-bond donors (Lipinski definition) is 1. The average molecular weight is 380 g/mol. The van der Waals surface area contributed by atoms with Crippen molar-refractivity contribution in [1.82, 2.24) is 4.31 Å². The van der Waals surface area contributed by atoms with E-state index in [1.807, 2.05) is 19.1 Å². The highest BCUT2D eigenvalue weighted by molar-refractivity contribution is 14.1. The molecule has 100 valence electrons. The summed E-state index contributed by atoms with van der Waals surface area (Å²) >= 11 is 2.16. The second-order valence-electron chi connectivity index (χ2n) is 4.70. The molecule has 4 nitrogen and oxygen atoms in total. The first-order chi connectivity index (χ1) is 8.41. The second-order valence-corrected chi connectivity index (χ2v) is 7.84. The van der Waals surface area contributed by atoms with Crippen molar-refractivity contribution in [2.75, 3.05) is 6.54 Å². The van der Waals surface area contributed by atoms with Crippen LogP contribution < -0.4 is 5.73 Å². The van der Waals surface area contributed by atoms with E-state index in [0.29, 0.717) is 11.4 Å². The van der Waals surface area contributed by atoms with Crippen LogP contribution in [0.2, 0.25) is 0 Å². The molecule has 0 aliphatic carbocycles. The number of piperidine rings is 1. The van der Waals surface area contributed by atoms with Gasteiger partial charge in [-0.15, -0.1) is 0 Å². The van der Waals surface area contributed by atoms with Crippen LogP contribution in [0.3, 0.4) is 0 Å². The Morgan fingerprint density at radius 1 is 1.33 bits per heavy atom. The largest absolute Gasteiger partial charge is 0.328 e. The summed E-state index contributed by atoms with van der Waals surface area (Å²) in [5, 5.41) is 0. The van der Waals surface area contributed by atoms with Crippen molar-refractivity contribution >= 4 is 32.6 Å². The highest BCUT2D eigenvalue weighted by Gasteiger charge is 2.33. The number of hydrogen-bond acceptors (Lipinski definition) is 3. The number of benzene rings is 1. The minimum Gasteiger partial charge on any atom is -0.328 e. The Kier molecular flexibility index (Phi) is 4.30. The maximum atomic E-state index is 12.5. The molecule has 2 N–H and O–H groups in total. The smallest absolute Gasteiger partial charge is 0.243 e. The second kappa shape index (κ2) is 5.44. The number of rotatable bonds is 2. The lowest BCUT2D eigenvalue weighted by atomic mass is 10.0. The van der Waals surface area contributed by atoms with Gasteiger partial charge >= 0.3 is 0 Å². The molecule has 6 heteroatoms. The van der Waals surface area contributed by atoms with Crippen molar-refractivity contribution in [2.45, 2.75) is 36.7 Å². The van der Waals surface area contributed by atoms with E-state index in [1.165, 1.54) is 0 Å². The van der Waals surface area contributed by atoms with Crippen molar-refractivity contribution in [3.63, 3.8) is 0 Å². The molecule has 2 rings (SSSR count). The standard InChI is InChI=1S/C12H17IN2O2S/c1-9-8-11(14)6-7-15(9)18(16,17)12-4-2-10(13)3-5-12/h2-5,9,11H,6-8,14H2,1H3. The van der Waals surface area contributed by atoms with Gasteiger partial charge in [-0.25, -0.2) is 8.42 Å². The molecule has 1 aromatic carbocycles. The number of halogens is 1. The van der Waals surface area contributed by atoms with Gasteiger partial charge in [-0.1, -0.05) is 0 Å². The molecule has 0 amide bonds. The van der Waals surface area contributed by atoms with Gasteiger partial charge in [0.1, 0.15) is 0 Å². The van der Waals surface area contributed by atoms with Gasteiger partial charge in [-0.05, 0) is 66.6 Å². The molecule has 0 aromatic heterocycles. The van der Waals surface area contributed by atoms with Crippen LogP contribution in [0.1, 0.15) is 19.8 Å². The lowest BCUT2D eigenvalue weighted by Crippen LogP contribution is -2.48. The Morgan fingerprint density at radius 2 is 1.94 bits per heavy atom. The molecule has 1 aromatic rings. The molecule has 0 bridgehead atoms. The zero-order valence-electron chi connectivity index (χ0n) is 10.2. The molecule has 1 aliphatic rings. The fraction of sp³-hybridized carbons (Fsp3) is 0.500. The Morgan fingerprint density at radius 3 is 2.50 bits per heavy atom. The van der Waals surface area contributed by atoms with Crippen molar-refractivity contribution in [3.05, 3.63) is 27.8 Å². The van der Waals surface area contributed by atoms with E-state index in [0.717, 1.165) is 16.4 Å². The highest BCUT2D eigenvalue weighted by atomic mass is 127. The lowest BCUT2D eigenvalue weighted by molar-refractivity contribution is 0.247. The number of nitrogens with zero attached hydrogens (tertiary/aromatic N) is 1. The van der Waals surface area contributed by atoms with Gasteiger partial charge < -0.3 is 5.73 Å². The third-order valence-corrected chi connectivity index (χ3v) is 6.02. The van der Waals surface area contributed by atoms with Gasteiger partial charge in [0.15, 0.2) is 0 Å². The molecular formula is C12H17IN2O2S. The first kappa shape index (κ1) is 14.2. The van der Waals surface area contributed by atoms with E-state index >= 15 is 0 Å². The van der Waals surface area contributed by atoms with Crippen LogP contribution in [0.15, 0.2) is 29.2 Å². The van der Waals surface area contributed by atoms with Gasteiger partial charge in [-0.3, -0.25) is 0 Å². The Bertz CT molecular complexity index is 515. The third kappa shape index (κ3) is 2.87. The van der Waals surface area contributed by atoms with Gasteiger partial charge in [0.05, 0.1) is 4.90 Å². The van der Waals surface area contributed by atoms with Crippen LogP contribution in [0.5, 0.6) is 0 Å². The molecule has 0 spiro atoms. The maximum Gasteiger partial charge on any atom is 0.243 e. The zero-order valence-corrected chi connectivity index (χ0v) is 13.2. The minimum absolute atomic E-state index is 0.0296. The van der Waals surface area contributed by atoms with Gasteiger partial charge in [-0.2, -0.15) is 4.31 Å². The quantitative estimate of drug-likeness (QED) is 0.796. The van der Waals surface area contributed by atoms with Crippen LogP contribution in [0.25, 0.3) is 0 Å². The predicted molar refractivity (Wildman–Crippen MR) is 79.7 cm³/mol. The summed E-state index contributed by atoms with van der Waals surface area (Å²) in [5.41, 5.74) is 5.87. The predicted octanol–water partition coefficient (Wildman–Crippen LogP) is 1.79. The highest BCUT2D eigenvalue weighted by Crippen LogP contribution is 2.25. The monoisotopic (exact) mass is 380 g/mol. The molecular weight excluding hydrogens is 363 g/mol. The van der Waals surface area contributed by atoms with Crippen LogP contribution in [-0.4, -0.2) is 31.4 Å². The zero-order chi connectivity index (χ0) is 13.3. The van der Waals surface area contributed by atoms with E-state index < -0.39 is 10.0 Å². The fourth-order valence-corrected chi connectivity index (χ4v) is 4.30. The van der Waals surface area contributed by atoms with E-state index in [1.54, 1.807) is 16.4 Å². The van der Waals surface area contributed by atoms with Crippen molar-refractivity contribution in [3.8, 4) is 0 Å². The normalized spacial score (nSPS) is 26.2. The van der Waals surface area contributed by atoms with Crippen LogP contribution >= 0.6 is 22.6 Å². The molecule has 1 fully saturated rings.